The number of benzene rings is 1. The van der Waals surface area contributed by atoms with Crippen LogP contribution in [0.3, 0.4) is 0 Å². The van der Waals surface area contributed by atoms with E-state index in [1.807, 2.05) is 20.8 Å². The summed E-state index contributed by atoms with van der Waals surface area (Å²) in [5.41, 5.74) is -0.779. The van der Waals surface area contributed by atoms with Gasteiger partial charge in [-0.2, -0.15) is 13.2 Å². The van der Waals surface area contributed by atoms with E-state index in [0.717, 1.165) is 6.07 Å². The summed E-state index contributed by atoms with van der Waals surface area (Å²) >= 11 is 6.01. The third kappa shape index (κ3) is 4.49. The van der Waals surface area contributed by atoms with E-state index in [9.17, 15) is 18.0 Å². The van der Waals surface area contributed by atoms with Gasteiger partial charge < -0.3 is 14.4 Å². The van der Waals surface area contributed by atoms with Crippen LogP contribution < -0.4 is 4.74 Å². The molecule has 0 bridgehead atoms. The van der Waals surface area contributed by atoms with E-state index in [1.165, 1.54) is 6.07 Å². The van der Waals surface area contributed by atoms with E-state index in [1.54, 1.807) is 4.90 Å². The summed E-state index contributed by atoms with van der Waals surface area (Å²) in [6.45, 7) is 7.94. The number of rotatable bonds is 1. The molecule has 2 aliphatic rings. The van der Waals surface area contributed by atoms with Gasteiger partial charge in [-0.3, -0.25) is 4.90 Å². The van der Waals surface area contributed by atoms with Crippen LogP contribution in [-0.2, 0) is 10.9 Å². The van der Waals surface area contributed by atoms with Crippen LogP contribution in [0.2, 0.25) is 5.02 Å². The number of amides is 1. The zero-order chi connectivity index (χ0) is 20.7. The van der Waals surface area contributed by atoms with Crippen molar-refractivity contribution in [3.05, 3.63) is 28.3 Å². The molecule has 5 nitrogen and oxygen atoms in total. The molecule has 3 rings (SSSR count). The zero-order valence-corrected chi connectivity index (χ0v) is 16.9. The normalized spacial score (nSPS) is 21.1. The molecule has 1 fully saturated rings. The van der Waals surface area contributed by atoms with Gasteiger partial charge in [-0.15, -0.1) is 0 Å². The Kier molecular flexibility index (Phi) is 5.74. The maximum absolute atomic E-state index is 13.1. The van der Waals surface area contributed by atoms with Crippen molar-refractivity contribution in [1.29, 1.82) is 0 Å². The number of halogens is 4. The summed E-state index contributed by atoms with van der Waals surface area (Å²) in [7, 11) is 0. The van der Waals surface area contributed by atoms with Crippen LogP contribution in [0.4, 0.5) is 18.0 Å². The molecule has 0 aliphatic carbocycles. The Bertz CT molecular complexity index is 741. The van der Waals surface area contributed by atoms with E-state index in [0.29, 0.717) is 44.8 Å². The number of piperazine rings is 1. The summed E-state index contributed by atoms with van der Waals surface area (Å²) in [5, 5.41) is -0.387. The van der Waals surface area contributed by atoms with Gasteiger partial charge in [-0.25, -0.2) is 4.79 Å². The molecule has 1 aromatic rings. The van der Waals surface area contributed by atoms with Gasteiger partial charge in [0, 0.05) is 44.2 Å². The summed E-state index contributed by atoms with van der Waals surface area (Å²) in [6.07, 6.45) is -4.22. The highest BCUT2D eigenvalue weighted by molar-refractivity contribution is 6.33. The molecule has 1 atom stereocenters. The molecule has 0 saturated carbocycles. The average molecular weight is 421 g/mol. The minimum Gasteiger partial charge on any atom is -0.492 e. The SMILES string of the molecule is CC(C)(C)OC(=O)N1CCN(C2CCOc3c2ccc(C(F)(F)F)c3Cl)CC1. The average Bonchev–Trinajstić information content (AvgIpc) is 2.59. The van der Waals surface area contributed by atoms with Gasteiger partial charge in [0.15, 0.2) is 0 Å². The van der Waals surface area contributed by atoms with Gasteiger partial charge >= 0.3 is 12.3 Å². The Morgan fingerprint density at radius 1 is 1.18 bits per heavy atom. The van der Waals surface area contributed by atoms with Crippen molar-refractivity contribution in [1.82, 2.24) is 9.80 Å². The summed E-state index contributed by atoms with van der Waals surface area (Å²) < 4.78 is 50.2. The maximum Gasteiger partial charge on any atom is 0.417 e. The quantitative estimate of drug-likeness (QED) is 0.658. The van der Waals surface area contributed by atoms with E-state index in [2.05, 4.69) is 4.90 Å². The Hall–Kier alpha value is -1.67. The van der Waals surface area contributed by atoms with E-state index in [-0.39, 0.29) is 22.9 Å². The summed E-state index contributed by atoms with van der Waals surface area (Å²) in [4.78, 5) is 16.0. The molecule has 1 unspecified atom stereocenters. The molecule has 0 spiro atoms. The Morgan fingerprint density at radius 2 is 1.82 bits per heavy atom. The largest absolute Gasteiger partial charge is 0.492 e. The van der Waals surface area contributed by atoms with Crippen molar-refractivity contribution in [2.24, 2.45) is 0 Å². The van der Waals surface area contributed by atoms with Crippen molar-refractivity contribution in [2.75, 3.05) is 32.8 Å². The van der Waals surface area contributed by atoms with Crippen molar-refractivity contribution >= 4 is 17.7 Å². The van der Waals surface area contributed by atoms with Crippen LogP contribution in [0.5, 0.6) is 5.75 Å². The fourth-order valence-electron chi connectivity index (χ4n) is 3.55. The molecular weight excluding hydrogens is 397 g/mol. The van der Waals surface area contributed by atoms with Crippen molar-refractivity contribution in [3.8, 4) is 5.75 Å². The van der Waals surface area contributed by atoms with Crippen molar-refractivity contribution in [3.63, 3.8) is 0 Å². The molecule has 1 saturated heterocycles. The summed E-state index contributed by atoms with van der Waals surface area (Å²) in [6, 6.07) is 2.37. The Morgan fingerprint density at radius 3 is 2.39 bits per heavy atom. The highest BCUT2D eigenvalue weighted by atomic mass is 35.5. The number of fused-ring (bicyclic) bond motifs is 1. The highest BCUT2D eigenvalue weighted by Gasteiger charge is 2.38. The Balaban J connectivity index is 1.72. The number of nitrogens with zero attached hydrogens (tertiary/aromatic N) is 2. The molecule has 0 radical (unpaired) electrons. The predicted octanol–water partition coefficient (Wildman–Crippen LogP) is 4.74. The molecule has 0 N–H and O–H groups in total. The molecule has 156 valence electrons. The van der Waals surface area contributed by atoms with Crippen LogP contribution in [0.25, 0.3) is 0 Å². The van der Waals surface area contributed by atoms with Gasteiger partial charge in [-0.05, 0) is 26.8 Å². The third-order valence-corrected chi connectivity index (χ3v) is 5.21. The van der Waals surface area contributed by atoms with E-state index >= 15 is 0 Å². The second-order valence-electron chi connectivity index (χ2n) is 8.00. The Labute approximate surface area is 167 Å². The lowest BCUT2D eigenvalue weighted by atomic mass is 9.96. The summed E-state index contributed by atoms with van der Waals surface area (Å²) in [5.74, 6) is 0.113. The lowest BCUT2D eigenvalue weighted by Gasteiger charge is -2.41. The van der Waals surface area contributed by atoms with Gasteiger partial charge in [0.05, 0.1) is 17.2 Å². The van der Waals surface area contributed by atoms with Gasteiger partial charge in [0.1, 0.15) is 11.4 Å². The first kappa shape index (κ1) is 21.0. The highest BCUT2D eigenvalue weighted by Crippen LogP contribution is 2.46. The smallest absolute Gasteiger partial charge is 0.417 e. The number of hydrogen-bond donors (Lipinski definition) is 0. The van der Waals surface area contributed by atoms with Crippen molar-refractivity contribution in [2.45, 2.75) is 45.0 Å². The predicted molar refractivity (Wildman–Crippen MR) is 98.7 cm³/mol. The molecule has 2 heterocycles. The topological polar surface area (TPSA) is 42.0 Å². The first-order chi connectivity index (χ1) is 13.0. The fourth-order valence-corrected chi connectivity index (χ4v) is 3.88. The number of carbonyl (C=O) groups excluding carboxylic acids is 1. The van der Waals surface area contributed by atoms with Gasteiger partial charge in [-0.1, -0.05) is 17.7 Å². The molecule has 1 amide bonds. The van der Waals surface area contributed by atoms with E-state index < -0.39 is 17.3 Å². The monoisotopic (exact) mass is 420 g/mol. The molecule has 1 aromatic carbocycles. The van der Waals surface area contributed by atoms with Crippen LogP contribution in [0, 0.1) is 0 Å². The van der Waals surface area contributed by atoms with Crippen LogP contribution in [0.15, 0.2) is 12.1 Å². The maximum atomic E-state index is 13.1. The molecule has 0 aromatic heterocycles. The standard InChI is InChI=1S/C19H24ClF3N2O3/c1-18(2,3)28-17(26)25-9-7-24(8-10-25)14-6-11-27-16-12(14)4-5-13(15(16)20)19(21,22)23/h4-5,14H,6-11H2,1-3H3. The number of alkyl halides is 3. The second-order valence-corrected chi connectivity index (χ2v) is 8.38. The van der Waals surface area contributed by atoms with Crippen LogP contribution in [-0.4, -0.2) is 54.3 Å². The van der Waals surface area contributed by atoms with Gasteiger partial charge in [0.2, 0.25) is 0 Å². The zero-order valence-electron chi connectivity index (χ0n) is 16.1. The molecule has 9 heteroatoms. The van der Waals surface area contributed by atoms with Gasteiger partial charge in [0.25, 0.3) is 0 Å². The molecular formula is C19H24ClF3N2O3. The second kappa shape index (κ2) is 7.63. The lowest BCUT2D eigenvalue weighted by Crippen LogP contribution is -2.51. The third-order valence-electron chi connectivity index (χ3n) is 4.84. The number of ether oxygens (including phenoxy) is 2. The first-order valence-corrected chi connectivity index (χ1v) is 9.59. The lowest BCUT2D eigenvalue weighted by molar-refractivity contribution is -0.137. The van der Waals surface area contributed by atoms with Crippen LogP contribution >= 0.6 is 11.6 Å². The number of hydrogen-bond acceptors (Lipinski definition) is 4. The van der Waals surface area contributed by atoms with Crippen molar-refractivity contribution < 1.29 is 27.4 Å². The minimum atomic E-state index is -4.53. The number of carbonyl (C=O) groups is 1. The van der Waals surface area contributed by atoms with E-state index in [4.69, 9.17) is 21.1 Å². The molecule has 2 aliphatic heterocycles. The first-order valence-electron chi connectivity index (χ1n) is 9.22. The molecule has 28 heavy (non-hydrogen) atoms. The fraction of sp³-hybridized carbons (Fsp3) is 0.632. The van der Waals surface area contributed by atoms with Crippen LogP contribution in [0.1, 0.15) is 44.4 Å². The minimum absolute atomic E-state index is 0.0932.